The van der Waals surface area contributed by atoms with Gasteiger partial charge in [-0.25, -0.2) is 14.7 Å². The summed E-state index contributed by atoms with van der Waals surface area (Å²) in [6.07, 6.45) is 0. The van der Waals surface area contributed by atoms with Crippen LogP contribution in [0, 0.1) is 6.92 Å². The smallest absolute Gasteiger partial charge is 0.231 e. The van der Waals surface area contributed by atoms with Crippen molar-refractivity contribution in [2.24, 2.45) is 9.98 Å². The molecule has 8 rings (SSSR count). The Morgan fingerprint density at radius 1 is 0.900 bits per heavy atom. The number of hydrogen-bond acceptors (Lipinski definition) is 8. The van der Waals surface area contributed by atoms with Crippen molar-refractivity contribution in [3.63, 3.8) is 0 Å². The van der Waals surface area contributed by atoms with Crippen molar-refractivity contribution in [3.05, 3.63) is 107 Å². The fourth-order valence-corrected chi connectivity index (χ4v) is 5.72. The van der Waals surface area contributed by atoms with Crippen LogP contribution >= 0.6 is 15.9 Å². The molecule has 0 fully saturated rings. The highest BCUT2D eigenvalue weighted by Gasteiger charge is 2.43. The summed E-state index contributed by atoms with van der Waals surface area (Å²) in [5.74, 6) is 4.13. The Balaban J connectivity index is 1.36. The molecule has 3 aliphatic rings. The summed E-state index contributed by atoms with van der Waals surface area (Å²) in [5.41, 5.74) is 5.30. The lowest BCUT2D eigenvalue weighted by molar-refractivity contribution is 0.174. The first-order valence-electron chi connectivity index (χ1n) is 12.8. The molecule has 196 valence electrons. The third-order valence-electron chi connectivity index (χ3n) is 7.14. The Labute approximate surface area is 237 Å². The molecule has 5 heterocycles. The number of benzene rings is 3. The summed E-state index contributed by atoms with van der Waals surface area (Å²) < 4.78 is 19.9. The van der Waals surface area contributed by atoms with Crippen LogP contribution in [0.15, 0.2) is 104 Å². The first-order chi connectivity index (χ1) is 19.6. The van der Waals surface area contributed by atoms with Crippen molar-refractivity contribution < 1.29 is 13.9 Å². The van der Waals surface area contributed by atoms with Crippen LogP contribution in [0.5, 0.6) is 11.5 Å². The minimum Gasteiger partial charge on any atom is -0.454 e. The van der Waals surface area contributed by atoms with Crippen LogP contribution in [0.4, 0.5) is 22.9 Å². The zero-order valence-electron chi connectivity index (χ0n) is 21.2. The third-order valence-corrected chi connectivity index (χ3v) is 7.56. The normalized spacial score (nSPS) is 16.6. The molecule has 0 bridgehead atoms. The summed E-state index contributed by atoms with van der Waals surface area (Å²) in [7, 11) is 0. The molecule has 1 N–H and O–H groups in total. The summed E-state index contributed by atoms with van der Waals surface area (Å²) in [6.45, 7) is 2.22. The summed E-state index contributed by atoms with van der Waals surface area (Å²) >= 11 is 3.51. The number of nitrogens with one attached hydrogen (secondary N) is 1. The van der Waals surface area contributed by atoms with Gasteiger partial charge in [0.15, 0.2) is 33.7 Å². The van der Waals surface area contributed by atoms with E-state index >= 15 is 0 Å². The predicted octanol–water partition coefficient (Wildman–Crippen LogP) is 7.06. The Morgan fingerprint density at radius 2 is 1.73 bits per heavy atom. The molecule has 40 heavy (non-hydrogen) atoms. The molecular weight excluding hydrogens is 572 g/mol. The number of anilines is 2. The van der Waals surface area contributed by atoms with Crippen LogP contribution in [0.25, 0.3) is 5.69 Å². The third kappa shape index (κ3) is 3.56. The second-order valence-electron chi connectivity index (χ2n) is 9.56. The number of aryl methyl sites for hydroxylation is 1. The van der Waals surface area contributed by atoms with Crippen LogP contribution in [0.2, 0.25) is 0 Å². The highest BCUT2D eigenvalue weighted by molar-refractivity contribution is 9.10. The van der Waals surface area contributed by atoms with Gasteiger partial charge in [-0.2, -0.15) is 5.10 Å². The molecule has 3 aliphatic heterocycles. The quantitative estimate of drug-likeness (QED) is 0.241. The van der Waals surface area contributed by atoms with E-state index in [1.165, 1.54) is 0 Å². The van der Waals surface area contributed by atoms with E-state index in [0.29, 0.717) is 27.8 Å². The lowest BCUT2D eigenvalue weighted by Crippen LogP contribution is -2.46. The SMILES string of the molecule is Cc1nn(-c2ccccc2)c2c1C(c1ccc(Br)o1)N1C(=N2)C(Nc2ccc3c(c2)OCO3)=Nc2ccccc21. The molecule has 0 spiro atoms. The number of furan rings is 1. The summed E-state index contributed by atoms with van der Waals surface area (Å²) in [5, 5.41) is 8.44. The van der Waals surface area contributed by atoms with Crippen molar-refractivity contribution in [1.82, 2.24) is 9.78 Å². The number of aromatic nitrogens is 2. The zero-order valence-corrected chi connectivity index (χ0v) is 22.8. The molecular formula is C30H21BrN6O3. The van der Waals surface area contributed by atoms with Gasteiger partial charge in [0.2, 0.25) is 6.79 Å². The fraction of sp³-hybridized carbons (Fsp3) is 0.100. The molecule has 5 aromatic rings. The van der Waals surface area contributed by atoms with Gasteiger partial charge in [0.25, 0.3) is 0 Å². The maximum atomic E-state index is 6.21. The number of para-hydroxylation sites is 3. The lowest BCUT2D eigenvalue weighted by Gasteiger charge is -2.39. The highest BCUT2D eigenvalue weighted by atomic mass is 79.9. The van der Waals surface area contributed by atoms with Crippen LogP contribution in [-0.2, 0) is 0 Å². The van der Waals surface area contributed by atoms with Gasteiger partial charge >= 0.3 is 0 Å². The molecule has 9 nitrogen and oxygen atoms in total. The minimum atomic E-state index is -0.337. The Morgan fingerprint density at radius 3 is 2.58 bits per heavy atom. The number of ether oxygens (including phenoxy) is 2. The molecule has 0 amide bonds. The Kier molecular flexibility index (Phi) is 5.11. The van der Waals surface area contributed by atoms with Crippen LogP contribution in [0.3, 0.4) is 0 Å². The van der Waals surface area contributed by atoms with E-state index in [4.69, 9.17) is 29.0 Å². The molecule has 1 unspecified atom stereocenters. The Bertz CT molecular complexity index is 1860. The lowest BCUT2D eigenvalue weighted by atomic mass is 9.98. The molecule has 2 aromatic heterocycles. The predicted molar refractivity (Wildman–Crippen MR) is 156 cm³/mol. The van der Waals surface area contributed by atoms with Gasteiger partial charge in [0.1, 0.15) is 11.8 Å². The molecule has 1 atom stereocenters. The molecule has 3 aromatic carbocycles. The van der Waals surface area contributed by atoms with Crippen LogP contribution in [0.1, 0.15) is 23.1 Å². The number of aliphatic imine (C=N–C) groups is 2. The number of hydrogen-bond donors (Lipinski definition) is 1. The average Bonchev–Trinajstić information content (AvgIpc) is 3.71. The van der Waals surface area contributed by atoms with E-state index in [1.54, 1.807) is 0 Å². The molecule has 10 heteroatoms. The summed E-state index contributed by atoms with van der Waals surface area (Å²) in [6, 6.07) is 27.4. The topological polar surface area (TPSA) is 89.4 Å². The second-order valence-corrected chi connectivity index (χ2v) is 10.3. The van der Waals surface area contributed by atoms with E-state index in [0.717, 1.165) is 45.6 Å². The maximum Gasteiger partial charge on any atom is 0.231 e. The summed E-state index contributed by atoms with van der Waals surface area (Å²) in [4.78, 5) is 12.4. The van der Waals surface area contributed by atoms with Crippen molar-refractivity contribution >= 4 is 50.5 Å². The van der Waals surface area contributed by atoms with Gasteiger partial charge in [-0.15, -0.1) is 0 Å². The maximum absolute atomic E-state index is 6.21. The first kappa shape index (κ1) is 23.1. The van der Waals surface area contributed by atoms with E-state index in [9.17, 15) is 0 Å². The van der Waals surface area contributed by atoms with Gasteiger partial charge in [-0.05, 0) is 71.4 Å². The van der Waals surface area contributed by atoms with Crippen molar-refractivity contribution in [1.29, 1.82) is 0 Å². The molecule has 0 saturated heterocycles. The highest BCUT2D eigenvalue weighted by Crippen LogP contribution is 2.49. The monoisotopic (exact) mass is 592 g/mol. The van der Waals surface area contributed by atoms with Crippen LogP contribution < -0.4 is 19.7 Å². The minimum absolute atomic E-state index is 0.208. The van der Waals surface area contributed by atoms with E-state index in [1.807, 2.05) is 90.5 Å². The zero-order chi connectivity index (χ0) is 26.8. The van der Waals surface area contributed by atoms with Gasteiger partial charge in [0, 0.05) is 11.8 Å². The first-order valence-corrected chi connectivity index (χ1v) is 13.6. The number of amidine groups is 2. The van der Waals surface area contributed by atoms with Gasteiger partial charge < -0.3 is 24.1 Å². The van der Waals surface area contributed by atoms with Crippen molar-refractivity contribution in [3.8, 4) is 17.2 Å². The molecule has 0 saturated carbocycles. The van der Waals surface area contributed by atoms with E-state index in [2.05, 4.69) is 32.2 Å². The number of halogens is 1. The fourth-order valence-electron chi connectivity index (χ4n) is 5.40. The van der Waals surface area contributed by atoms with Gasteiger partial charge in [0.05, 0.1) is 28.3 Å². The van der Waals surface area contributed by atoms with Crippen molar-refractivity contribution in [2.45, 2.75) is 13.0 Å². The molecule has 0 aliphatic carbocycles. The largest absolute Gasteiger partial charge is 0.454 e. The number of nitrogens with zero attached hydrogens (tertiary/aromatic N) is 5. The van der Waals surface area contributed by atoms with E-state index in [-0.39, 0.29) is 12.8 Å². The standard InChI is InChI=1S/C30H21BrN6O3/c1-17-26-27(23-13-14-25(31)40-23)36-21-10-6-5-9-20(21)33-28(32-18-11-12-22-24(15-18)39-16-38-22)30(36)34-29(26)37(35-17)19-7-3-2-4-8-19/h2-15,27H,16H2,1H3,(H,32,33). The van der Waals surface area contributed by atoms with Crippen molar-refractivity contribution in [2.75, 3.05) is 17.0 Å². The second kappa shape index (κ2) is 8.85. The van der Waals surface area contributed by atoms with Gasteiger partial charge in [-0.3, -0.25) is 0 Å². The number of rotatable bonds is 3. The van der Waals surface area contributed by atoms with E-state index < -0.39 is 0 Å². The molecule has 0 radical (unpaired) electrons. The number of fused-ring (bicyclic) bond motifs is 5. The van der Waals surface area contributed by atoms with Crippen LogP contribution in [-0.4, -0.2) is 28.2 Å². The van der Waals surface area contributed by atoms with Gasteiger partial charge in [-0.1, -0.05) is 30.3 Å². The average molecular weight is 593 g/mol. The Hall–Kier alpha value is -4.83.